The Morgan fingerprint density at radius 3 is 2.57 bits per heavy atom. The van der Waals surface area contributed by atoms with E-state index < -0.39 is 11.6 Å². The first-order chi connectivity index (χ1) is 9.86. The molecule has 3 atom stereocenters. The summed E-state index contributed by atoms with van der Waals surface area (Å²) >= 11 is 0. The monoisotopic (exact) mass is 295 g/mol. The molecular weight excluding hydrogens is 268 g/mol. The highest BCUT2D eigenvalue weighted by Crippen LogP contribution is 2.43. The van der Waals surface area contributed by atoms with E-state index >= 15 is 0 Å². The second-order valence-electron chi connectivity index (χ2n) is 7.03. The van der Waals surface area contributed by atoms with Crippen LogP contribution in [-0.2, 0) is 5.41 Å². The van der Waals surface area contributed by atoms with Crippen molar-refractivity contribution in [3.63, 3.8) is 0 Å². The van der Waals surface area contributed by atoms with Gasteiger partial charge >= 0.3 is 0 Å². The zero-order chi connectivity index (χ0) is 15.6. The minimum absolute atomic E-state index is 0.301. The lowest BCUT2D eigenvalue weighted by atomic mass is 9.63. The van der Waals surface area contributed by atoms with Crippen molar-refractivity contribution >= 4 is 0 Å². The second-order valence-corrected chi connectivity index (χ2v) is 7.03. The summed E-state index contributed by atoms with van der Waals surface area (Å²) < 4.78 is 27.4. The SMILES string of the molecule is CCNC1CC(C)CCC1C(C)(C)c1ccc(F)cc1F. The molecular formula is C18H27F2N. The Morgan fingerprint density at radius 1 is 1.24 bits per heavy atom. The maximum atomic E-state index is 14.2. The normalized spacial score (nSPS) is 26.9. The molecule has 0 saturated heterocycles. The van der Waals surface area contributed by atoms with Gasteiger partial charge in [0, 0.05) is 12.1 Å². The molecule has 0 amide bonds. The third-order valence-electron chi connectivity index (χ3n) is 5.13. The molecule has 1 aromatic rings. The number of rotatable bonds is 4. The molecule has 21 heavy (non-hydrogen) atoms. The van der Waals surface area contributed by atoms with Crippen LogP contribution in [0.2, 0.25) is 0 Å². The summed E-state index contributed by atoms with van der Waals surface area (Å²) in [6, 6.07) is 4.39. The maximum Gasteiger partial charge on any atom is 0.129 e. The van der Waals surface area contributed by atoms with E-state index in [0.717, 1.165) is 25.5 Å². The van der Waals surface area contributed by atoms with Gasteiger partial charge in [0.25, 0.3) is 0 Å². The standard InChI is InChI=1S/C18H27F2N/c1-5-21-17-10-12(2)6-8-15(17)18(3,4)14-9-7-13(19)11-16(14)20/h7,9,11-12,15,17,21H,5-6,8,10H2,1-4H3. The van der Waals surface area contributed by atoms with E-state index in [1.165, 1.54) is 12.5 Å². The molecule has 1 fully saturated rings. The van der Waals surface area contributed by atoms with Crippen molar-refractivity contribution in [3.8, 4) is 0 Å². The summed E-state index contributed by atoms with van der Waals surface area (Å²) in [6.07, 6.45) is 3.40. The molecule has 1 N–H and O–H groups in total. The fourth-order valence-corrected chi connectivity index (χ4v) is 3.94. The predicted octanol–water partition coefficient (Wildman–Crippen LogP) is 4.66. The summed E-state index contributed by atoms with van der Waals surface area (Å²) in [4.78, 5) is 0. The van der Waals surface area contributed by atoms with Crippen molar-refractivity contribution in [3.05, 3.63) is 35.4 Å². The van der Waals surface area contributed by atoms with Gasteiger partial charge in [0.05, 0.1) is 0 Å². The quantitative estimate of drug-likeness (QED) is 0.852. The fourth-order valence-electron chi connectivity index (χ4n) is 3.94. The smallest absolute Gasteiger partial charge is 0.129 e. The predicted molar refractivity (Wildman–Crippen MR) is 83.4 cm³/mol. The molecule has 0 bridgehead atoms. The van der Waals surface area contributed by atoms with Crippen LogP contribution in [0.25, 0.3) is 0 Å². The largest absolute Gasteiger partial charge is 0.314 e. The van der Waals surface area contributed by atoms with E-state index in [9.17, 15) is 8.78 Å². The highest BCUT2D eigenvalue weighted by molar-refractivity contribution is 5.28. The zero-order valence-corrected chi connectivity index (χ0v) is 13.5. The summed E-state index contributed by atoms with van der Waals surface area (Å²) in [6.45, 7) is 9.51. The summed E-state index contributed by atoms with van der Waals surface area (Å²) in [5, 5.41) is 3.58. The molecule has 118 valence electrons. The zero-order valence-electron chi connectivity index (χ0n) is 13.5. The van der Waals surface area contributed by atoms with Crippen LogP contribution in [0.4, 0.5) is 8.78 Å². The summed E-state index contributed by atoms with van der Waals surface area (Å²) in [7, 11) is 0. The van der Waals surface area contributed by atoms with Crippen molar-refractivity contribution < 1.29 is 8.78 Å². The Bertz CT molecular complexity index is 484. The van der Waals surface area contributed by atoms with Gasteiger partial charge in [-0.05, 0) is 48.3 Å². The van der Waals surface area contributed by atoms with Crippen LogP contribution >= 0.6 is 0 Å². The second kappa shape index (κ2) is 6.43. The first-order valence-corrected chi connectivity index (χ1v) is 8.05. The van der Waals surface area contributed by atoms with E-state index in [1.54, 1.807) is 6.07 Å². The fraction of sp³-hybridized carbons (Fsp3) is 0.667. The molecule has 0 spiro atoms. The molecule has 2 rings (SSSR count). The van der Waals surface area contributed by atoms with Crippen LogP contribution in [-0.4, -0.2) is 12.6 Å². The van der Waals surface area contributed by atoms with Crippen LogP contribution in [0.5, 0.6) is 0 Å². The van der Waals surface area contributed by atoms with Crippen molar-refractivity contribution in [2.45, 2.75) is 58.4 Å². The minimum Gasteiger partial charge on any atom is -0.314 e. The first kappa shape index (κ1) is 16.4. The highest BCUT2D eigenvalue weighted by Gasteiger charge is 2.40. The Balaban J connectivity index is 2.31. The molecule has 3 heteroatoms. The molecule has 0 radical (unpaired) electrons. The van der Waals surface area contributed by atoms with E-state index in [1.807, 2.05) is 0 Å². The Kier molecular flexibility index (Phi) is 5.03. The lowest BCUT2D eigenvalue weighted by Gasteiger charge is -2.45. The highest BCUT2D eigenvalue weighted by atomic mass is 19.1. The van der Waals surface area contributed by atoms with Gasteiger partial charge in [-0.25, -0.2) is 8.78 Å². The third-order valence-corrected chi connectivity index (χ3v) is 5.13. The molecule has 1 nitrogen and oxygen atoms in total. The molecule has 0 aromatic heterocycles. The van der Waals surface area contributed by atoms with Gasteiger partial charge in [0.15, 0.2) is 0 Å². The molecule has 1 saturated carbocycles. The number of halogens is 2. The Morgan fingerprint density at radius 2 is 1.95 bits per heavy atom. The average molecular weight is 295 g/mol. The number of nitrogens with one attached hydrogen (secondary N) is 1. The van der Waals surface area contributed by atoms with Gasteiger partial charge < -0.3 is 5.32 Å². The van der Waals surface area contributed by atoms with Gasteiger partial charge in [0.2, 0.25) is 0 Å². The van der Waals surface area contributed by atoms with Gasteiger partial charge in [-0.3, -0.25) is 0 Å². The van der Waals surface area contributed by atoms with Crippen molar-refractivity contribution in [1.29, 1.82) is 0 Å². The van der Waals surface area contributed by atoms with E-state index in [4.69, 9.17) is 0 Å². The van der Waals surface area contributed by atoms with Gasteiger partial charge in [-0.2, -0.15) is 0 Å². The van der Waals surface area contributed by atoms with Gasteiger partial charge in [-0.1, -0.05) is 40.2 Å². The average Bonchev–Trinajstić information content (AvgIpc) is 2.38. The van der Waals surface area contributed by atoms with E-state index in [0.29, 0.717) is 23.4 Å². The van der Waals surface area contributed by atoms with Crippen molar-refractivity contribution in [2.24, 2.45) is 11.8 Å². The topological polar surface area (TPSA) is 12.0 Å². The van der Waals surface area contributed by atoms with Crippen LogP contribution in [0, 0.1) is 23.5 Å². The lowest BCUT2D eigenvalue weighted by molar-refractivity contribution is 0.144. The molecule has 1 aliphatic carbocycles. The van der Waals surface area contributed by atoms with Crippen molar-refractivity contribution in [1.82, 2.24) is 5.32 Å². The minimum atomic E-state index is -0.507. The number of hydrogen-bond donors (Lipinski definition) is 1. The summed E-state index contributed by atoms with van der Waals surface area (Å²) in [5.41, 5.74) is 0.330. The third kappa shape index (κ3) is 3.45. The van der Waals surface area contributed by atoms with Gasteiger partial charge in [-0.15, -0.1) is 0 Å². The first-order valence-electron chi connectivity index (χ1n) is 8.05. The van der Waals surface area contributed by atoms with E-state index in [-0.39, 0.29) is 5.41 Å². The number of benzene rings is 1. The molecule has 3 unspecified atom stereocenters. The van der Waals surface area contributed by atoms with Crippen LogP contribution in [0.15, 0.2) is 18.2 Å². The lowest BCUT2D eigenvalue weighted by Crippen LogP contribution is -2.48. The Hall–Kier alpha value is -0.960. The van der Waals surface area contributed by atoms with Crippen molar-refractivity contribution in [2.75, 3.05) is 6.54 Å². The summed E-state index contributed by atoms with van der Waals surface area (Å²) in [5.74, 6) is 0.147. The van der Waals surface area contributed by atoms with E-state index in [2.05, 4.69) is 33.0 Å². The maximum absolute atomic E-state index is 14.2. The molecule has 1 aromatic carbocycles. The molecule has 0 heterocycles. The molecule has 1 aliphatic rings. The van der Waals surface area contributed by atoms with Gasteiger partial charge in [0.1, 0.15) is 11.6 Å². The molecule has 0 aliphatic heterocycles. The Labute approximate surface area is 127 Å². The van der Waals surface area contributed by atoms with Crippen LogP contribution in [0.1, 0.15) is 52.5 Å². The van der Waals surface area contributed by atoms with Crippen LogP contribution < -0.4 is 5.32 Å². The van der Waals surface area contributed by atoms with Crippen LogP contribution in [0.3, 0.4) is 0 Å². The number of hydrogen-bond acceptors (Lipinski definition) is 1.